The maximum absolute atomic E-state index is 14.0. The zero-order chi connectivity index (χ0) is 33.0. The lowest BCUT2D eigenvalue weighted by Gasteiger charge is -2.37. The molecule has 0 spiro atoms. The number of nitrogens with one attached hydrogen (secondary N) is 2. The van der Waals surface area contributed by atoms with Gasteiger partial charge < -0.3 is 30.1 Å². The number of phenols is 1. The van der Waals surface area contributed by atoms with Crippen LogP contribution in [0.25, 0.3) is 22.4 Å². The Morgan fingerprint density at radius 1 is 1.02 bits per heavy atom. The number of benzene rings is 3. The van der Waals surface area contributed by atoms with Crippen molar-refractivity contribution in [2.75, 3.05) is 25.1 Å². The van der Waals surface area contributed by atoms with E-state index in [0.29, 0.717) is 22.5 Å². The highest BCUT2D eigenvalue weighted by Gasteiger charge is 2.38. The summed E-state index contributed by atoms with van der Waals surface area (Å²) in [5.41, 5.74) is 4.27. The number of ether oxygens (including phenoxy) is 2. The van der Waals surface area contributed by atoms with Crippen molar-refractivity contribution >= 4 is 23.6 Å². The summed E-state index contributed by atoms with van der Waals surface area (Å²) in [6.45, 7) is 7.60. The van der Waals surface area contributed by atoms with E-state index in [1.165, 1.54) is 4.90 Å². The lowest BCUT2D eigenvalue weighted by atomic mass is 9.99. The number of rotatable bonds is 7. The van der Waals surface area contributed by atoms with E-state index in [1.54, 1.807) is 67.9 Å². The average molecular weight is 626 g/mol. The summed E-state index contributed by atoms with van der Waals surface area (Å²) < 4.78 is 12.7. The summed E-state index contributed by atoms with van der Waals surface area (Å²) in [7, 11) is 1.82. The van der Waals surface area contributed by atoms with Crippen molar-refractivity contribution < 1.29 is 29.0 Å². The first-order valence-electron chi connectivity index (χ1n) is 15.1. The maximum atomic E-state index is 14.0. The van der Waals surface area contributed by atoms with Crippen LogP contribution in [0.15, 0.2) is 79.0 Å². The summed E-state index contributed by atoms with van der Waals surface area (Å²) in [6, 6.07) is 19.5. The summed E-state index contributed by atoms with van der Waals surface area (Å²) in [6.07, 6.45) is 1.14. The fraction of sp³-hybridized carbons (Fsp3) is 0.314. The predicted octanol–water partition coefficient (Wildman–Crippen LogP) is 5.20. The molecule has 0 saturated carbocycles. The summed E-state index contributed by atoms with van der Waals surface area (Å²) in [5, 5.41) is 20.7. The molecule has 5 rings (SSSR count). The van der Waals surface area contributed by atoms with E-state index in [0.717, 1.165) is 16.7 Å². The van der Waals surface area contributed by atoms with Gasteiger partial charge in [0.05, 0.1) is 13.2 Å². The topological polar surface area (TPSA) is 135 Å². The molecule has 3 amide bonds. The van der Waals surface area contributed by atoms with Crippen molar-refractivity contribution in [3.05, 3.63) is 90.1 Å². The minimum atomic E-state index is -1.06. The Morgan fingerprint density at radius 2 is 1.74 bits per heavy atom. The number of carbonyl (C=O) groups excluding carboxylic acids is 3. The molecule has 4 aromatic rings. The van der Waals surface area contributed by atoms with Crippen LogP contribution in [0.3, 0.4) is 0 Å². The van der Waals surface area contributed by atoms with Crippen molar-refractivity contribution in [1.82, 2.24) is 20.0 Å². The van der Waals surface area contributed by atoms with Crippen molar-refractivity contribution in [2.24, 2.45) is 7.05 Å². The normalized spacial score (nSPS) is 15.6. The lowest BCUT2D eigenvalue weighted by Crippen LogP contribution is -2.57. The van der Waals surface area contributed by atoms with Crippen LogP contribution in [-0.2, 0) is 26.1 Å². The van der Waals surface area contributed by atoms with Crippen molar-refractivity contribution in [1.29, 1.82) is 0 Å². The van der Waals surface area contributed by atoms with Crippen molar-refractivity contribution in [3.8, 4) is 28.1 Å². The summed E-state index contributed by atoms with van der Waals surface area (Å²) in [5.74, 6) is -0.727. The molecule has 0 bridgehead atoms. The quantitative estimate of drug-likeness (QED) is 0.257. The average Bonchev–Trinajstić information content (AvgIpc) is 3.41. The molecule has 0 unspecified atom stereocenters. The molecular formula is C35H39N5O6. The molecule has 0 radical (unpaired) electrons. The number of aromatic nitrogens is 2. The first-order valence-corrected chi connectivity index (χ1v) is 15.1. The Bertz CT molecular complexity index is 1710. The van der Waals surface area contributed by atoms with Gasteiger partial charge in [-0.3, -0.25) is 14.3 Å². The molecule has 1 fully saturated rings. The molecule has 3 aromatic carbocycles. The molecule has 1 saturated heterocycles. The standard InChI is InChI=1S/C35H39N5O6/c1-22-11-16-29(41)26(19-22)31-27(20-39(5)38-31)23-12-14-25(15-13-23)36-32(42)28-21-45-18-17-40(28)33(43)30(24-9-7-6-8-10-24)37-34(44)46-35(2,3)4/h6-16,19-20,28,30,41H,17-18,21H2,1-5H3,(H,36,42)(H,37,44)/t28-,30+/m0/s1. The van der Waals surface area contributed by atoms with Crippen LogP contribution in [0.4, 0.5) is 10.5 Å². The van der Waals surface area contributed by atoms with Crippen molar-refractivity contribution in [2.45, 2.75) is 45.4 Å². The smallest absolute Gasteiger partial charge is 0.408 e. The second kappa shape index (κ2) is 13.5. The van der Waals surface area contributed by atoms with E-state index in [9.17, 15) is 19.5 Å². The monoisotopic (exact) mass is 625 g/mol. The molecule has 46 heavy (non-hydrogen) atoms. The number of aryl methyl sites for hydroxylation is 2. The second-order valence-corrected chi connectivity index (χ2v) is 12.3. The zero-order valence-electron chi connectivity index (χ0n) is 26.6. The number of nitrogens with zero attached hydrogens (tertiary/aromatic N) is 3. The van der Waals surface area contributed by atoms with E-state index in [4.69, 9.17) is 9.47 Å². The molecule has 240 valence electrons. The lowest BCUT2D eigenvalue weighted by molar-refractivity contribution is -0.148. The van der Waals surface area contributed by atoms with Crippen LogP contribution >= 0.6 is 0 Å². The van der Waals surface area contributed by atoms with E-state index < -0.39 is 35.6 Å². The third kappa shape index (κ3) is 7.55. The predicted molar refractivity (Wildman–Crippen MR) is 174 cm³/mol. The second-order valence-electron chi connectivity index (χ2n) is 12.3. The molecule has 1 aliphatic heterocycles. The number of phenolic OH excluding ortho intramolecular Hbond substituents is 1. The number of alkyl carbamates (subject to hydrolysis) is 1. The van der Waals surface area contributed by atoms with Crippen LogP contribution < -0.4 is 10.6 Å². The largest absolute Gasteiger partial charge is 0.507 e. The van der Waals surface area contributed by atoms with Crippen LogP contribution in [0.5, 0.6) is 5.75 Å². The van der Waals surface area contributed by atoms with E-state index in [1.807, 2.05) is 50.5 Å². The van der Waals surface area contributed by atoms with E-state index in [2.05, 4.69) is 15.7 Å². The Morgan fingerprint density at radius 3 is 2.43 bits per heavy atom. The van der Waals surface area contributed by atoms with Gasteiger partial charge in [0.1, 0.15) is 29.1 Å². The minimum Gasteiger partial charge on any atom is -0.507 e. The van der Waals surface area contributed by atoms with Gasteiger partial charge in [-0.15, -0.1) is 0 Å². The maximum Gasteiger partial charge on any atom is 0.408 e. The molecule has 1 aromatic heterocycles. The highest BCUT2D eigenvalue weighted by molar-refractivity contribution is 5.99. The fourth-order valence-electron chi connectivity index (χ4n) is 5.31. The SMILES string of the molecule is Cc1ccc(O)c(-c2nn(C)cc2-c2ccc(NC(=O)[C@@H]3COCCN3C(=O)[C@H](NC(=O)OC(C)(C)C)c3ccccc3)cc2)c1. The molecular weight excluding hydrogens is 586 g/mol. The molecule has 11 nitrogen and oxygen atoms in total. The molecule has 3 N–H and O–H groups in total. The molecule has 2 atom stereocenters. The van der Waals surface area contributed by atoms with Crippen molar-refractivity contribution in [3.63, 3.8) is 0 Å². The highest BCUT2D eigenvalue weighted by atomic mass is 16.6. The molecule has 11 heteroatoms. The van der Waals surface area contributed by atoms with Gasteiger partial charge in [0.25, 0.3) is 5.91 Å². The van der Waals surface area contributed by atoms with Gasteiger partial charge in [-0.05, 0) is 63.1 Å². The van der Waals surface area contributed by atoms with Gasteiger partial charge in [-0.25, -0.2) is 4.79 Å². The van der Waals surface area contributed by atoms with Crippen LogP contribution in [-0.4, -0.2) is 69.1 Å². The Kier molecular flexibility index (Phi) is 9.43. The number of amides is 3. The van der Waals surface area contributed by atoms with Gasteiger partial charge in [0.2, 0.25) is 5.91 Å². The number of carbonyl (C=O) groups is 3. The van der Waals surface area contributed by atoms with Crippen LogP contribution in [0.2, 0.25) is 0 Å². The number of morpholine rings is 1. The minimum absolute atomic E-state index is 0.00261. The van der Waals surface area contributed by atoms with Gasteiger partial charge in [0.15, 0.2) is 0 Å². The van der Waals surface area contributed by atoms with Gasteiger partial charge >= 0.3 is 6.09 Å². The third-order valence-electron chi connectivity index (χ3n) is 7.45. The summed E-state index contributed by atoms with van der Waals surface area (Å²) in [4.78, 5) is 41.7. The molecule has 2 heterocycles. The van der Waals surface area contributed by atoms with E-state index >= 15 is 0 Å². The Labute approximate surface area is 268 Å². The zero-order valence-corrected chi connectivity index (χ0v) is 26.6. The van der Waals surface area contributed by atoms with Gasteiger partial charge in [0, 0.05) is 36.6 Å². The van der Waals surface area contributed by atoms with Crippen LogP contribution in [0, 0.1) is 6.92 Å². The third-order valence-corrected chi connectivity index (χ3v) is 7.45. The number of hydrogen-bond donors (Lipinski definition) is 3. The highest BCUT2D eigenvalue weighted by Crippen LogP contribution is 2.36. The molecule has 1 aliphatic rings. The van der Waals surface area contributed by atoms with Gasteiger partial charge in [-0.1, -0.05) is 54.1 Å². The first-order chi connectivity index (χ1) is 21.9. The number of anilines is 1. The molecule has 0 aliphatic carbocycles. The Hall–Kier alpha value is -5.16. The van der Waals surface area contributed by atoms with Crippen LogP contribution in [0.1, 0.15) is 37.9 Å². The number of aromatic hydroxyl groups is 1. The summed E-state index contributed by atoms with van der Waals surface area (Å²) >= 11 is 0. The van der Waals surface area contributed by atoms with Gasteiger partial charge in [-0.2, -0.15) is 5.10 Å². The first kappa shape index (κ1) is 32.2. The number of hydrogen-bond acceptors (Lipinski definition) is 7. The van der Waals surface area contributed by atoms with E-state index in [-0.39, 0.29) is 25.5 Å². The fourth-order valence-corrected chi connectivity index (χ4v) is 5.31. The Balaban J connectivity index is 1.34.